The smallest absolute Gasteiger partial charge is 0.242 e. The molecule has 0 unspecified atom stereocenters. The van der Waals surface area contributed by atoms with Crippen LogP contribution >= 0.6 is 11.6 Å². The fraction of sp³-hybridized carbons (Fsp3) is 0.500. The van der Waals surface area contributed by atoms with Crippen molar-refractivity contribution in [2.24, 2.45) is 5.92 Å². The van der Waals surface area contributed by atoms with E-state index in [1.165, 1.54) is 6.07 Å². The van der Waals surface area contributed by atoms with E-state index in [-0.39, 0.29) is 21.9 Å². The van der Waals surface area contributed by atoms with Crippen LogP contribution in [0.5, 0.6) is 0 Å². The minimum Gasteiger partial charge on any atom is -0.398 e. The second-order valence-corrected chi connectivity index (χ2v) is 7.12. The molecule has 0 aliphatic heterocycles. The first-order valence-electron chi connectivity index (χ1n) is 6.03. The first-order valence-corrected chi connectivity index (χ1v) is 7.89. The molecule has 1 aliphatic carbocycles. The topological polar surface area (TPSA) is 92.4 Å². The quantitative estimate of drug-likeness (QED) is 0.731. The number of anilines is 1. The lowest BCUT2D eigenvalue weighted by Gasteiger charge is -2.31. The van der Waals surface area contributed by atoms with E-state index in [9.17, 15) is 8.42 Å². The number of halogens is 1. The van der Waals surface area contributed by atoms with Crippen molar-refractivity contribution in [1.29, 1.82) is 0 Å². The highest BCUT2D eigenvalue weighted by Gasteiger charge is 2.29. The van der Waals surface area contributed by atoms with Crippen LogP contribution in [0.1, 0.15) is 18.4 Å². The molecule has 2 rings (SSSR count). The highest BCUT2D eigenvalue weighted by molar-refractivity contribution is 7.89. The van der Waals surface area contributed by atoms with Crippen LogP contribution in [0, 0.1) is 12.8 Å². The van der Waals surface area contributed by atoms with Crippen molar-refractivity contribution in [3.05, 3.63) is 22.7 Å². The molecule has 0 bridgehead atoms. The number of rotatable bonds is 4. The molecule has 0 aromatic heterocycles. The number of aliphatic hydroxyl groups is 1. The van der Waals surface area contributed by atoms with E-state index >= 15 is 0 Å². The second-order valence-electron chi connectivity index (χ2n) is 4.98. The first kappa shape index (κ1) is 14.6. The van der Waals surface area contributed by atoms with Gasteiger partial charge in [0.2, 0.25) is 10.0 Å². The van der Waals surface area contributed by atoms with Gasteiger partial charge < -0.3 is 10.8 Å². The van der Waals surface area contributed by atoms with Crippen molar-refractivity contribution in [2.75, 3.05) is 12.3 Å². The van der Waals surface area contributed by atoms with Crippen LogP contribution in [0.4, 0.5) is 5.69 Å². The van der Waals surface area contributed by atoms with E-state index in [0.717, 1.165) is 5.56 Å². The number of aryl methyl sites for hydroxylation is 1. The van der Waals surface area contributed by atoms with Crippen molar-refractivity contribution in [2.45, 2.75) is 30.8 Å². The molecular formula is C12H17ClN2O3S. The van der Waals surface area contributed by atoms with Gasteiger partial charge in [-0.05, 0) is 43.4 Å². The van der Waals surface area contributed by atoms with Crippen LogP contribution in [-0.4, -0.2) is 26.2 Å². The average Bonchev–Trinajstić information content (AvgIpc) is 2.27. The lowest BCUT2D eigenvalue weighted by Crippen LogP contribution is -2.38. The van der Waals surface area contributed by atoms with Crippen LogP contribution in [-0.2, 0) is 10.0 Å². The van der Waals surface area contributed by atoms with E-state index in [4.69, 9.17) is 22.4 Å². The van der Waals surface area contributed by atoms with Crippen molar-refractivity contribution in [3.63, 3.8) is 0 Å². The number of nitrogens with two attached hydrogens (primary N) is 1. The summed E-state index contributed by atoms with van der Waals surface area (Å²) < 4.78 is 26.8. The Morgan fingerprint density at radius 1 is 1.47 bits per heavy atom. The summed E-state index contributed by atoms with van der Waals surface area (Å²) in [5.74, 6) is 0.186. The number of nitrogen functional groups attached to an aromatic ring is 1. The molecule has 0 atom stereocenters. The van der Waals surface area contributed by atoms with Gasteiger partial charge in [-0.1, -0.05) is 11.6 Å². The van der Waals surface area contributed by atoms with E-state index < -0.39 is 10.0 Å². The number of aliphatic hydroxyl groups excluding tert-OH is 1. The Morgan fingerprint density at radius 2 is 2.11 bits per heavy atom. The maximum absolute atomic E-state index is 12.1. The Hall–Kier alpha value is -0.820. The SMILES string of the molecule is Cc1cc(Cl)c(S(=O)(=O)NCC2CC(O)C2)cc1N. The normalized spacial score (nSPS) is 23.1. The molecule has 1 aromatic carbocycles. The van der Waals surface area contributed by atoms with Crippen molar-refractivity contribution < 1.29 is 13.5 Å². The highest BCUT2D eigenvalue weighted by atomic mass is 35.5. The first-order chi connectivity index (χ1) is 8.79. The summed E-state index contributed by atoms with van der Waals surface area (Å²) in [5, 5.41) is 9.32. The Kier molecular flexibility index (Phi) is 4.06. The van der Waals surface area contributed by atoms with Gasteiger partial charge in [0.1, 0.15) is 4.90 Å². The maximum atomic E-state index is 12.1. The molecule has 0 radical (unpaired) electrons. The third kappa shape index (κ3) is 3.20. The fourth-order valence-electron chi connectivity index (χ4n) is 2.05. The van der Waals surface area contributed by atoms with Crippen LogP contribution in [0.25, 0.3) is 0 Å². The zero-order valence-corrected chi connectivity index (χ0v) is 12.1. The van der Waals surface area contributed by atoms with Gasteiger partial charge in [-0.15, -0.1) is 0 Å². The Bertz CT molecular complexity index is 583. The average molecular weight is 305 g/mol. The van der Waals surface area contributed by atoms with Gasteiger partial charge in [-0.3, -0.25) is 0 Å². The van der Waals surface area contributed by atoms with E-state index in [2.05, 4.69) is 4.72 Å². The fourth-order valence-corrected chi connectivity index (χ4v) is 3.78. The molecule has 5 nitrogen and oxygen atoms in total. The Labute approximate surface area is 117 Å². The number of hydrogen-bond donors (Lipinski definition) is 3. The van der Waals surface area contributed by atoms with Crippen LogP contribution in [0.2, 0.25) is 5.02 Å². The molecule has 0 spiro atoms. The van der Waals surface area contributed by atoms with E-state index in [1.807, 2.05) is 0 Å². The van der Waals surface area contributed by atoms with E-state index in [0.29, 0.717) is 25.1 Å². The summed E-state index contributed by atoms with van der Waals surface area (Å²) in [4.78, 5) is -0.00265. The molecule has 4 N–H and O–H groups in total. The van der Waals surface area contributed by atoms with Gasteiger partial charge >= 0.3 is 0 Å². The summed E-state index contributed by atoms with van der Waals surface area (Å²) in [5.41, 5.74) is 6.85. The molecule has 1 saturated carbocycles. The lowest BCUT2D eigenvalue weighted by molar-refractivity contribution is 0.0453. The lowest BCUT2D eigenvalue weighted by atomic mass is 9.83. The minimum atomic E-state index is -3.66. The summed E-state index contributed by atoms with van der Waals surface area (Å²) in [6.07, 6.45) is 0.964. The van der Waals surface area contributed by atoms with Crippen molar-refractivity contribution in [1.82, 2.24) is 4.72 Å². The number of hydrogen-bond acceptors (Lipinski definition) is 4. The second kappa shape index (κ2) is 5.28. The number of benzene rings is 1. The van der Waals surface area contributed by atoms with Gasteiger partial charge in [-0.2, -0.15) is 0 Å². The molecule has 1 aliphatic rings. The zero-order valence-electron chi connectivity index (χ0n) is 10.6. The van der Waals surface area contributed by atoms with Crippen molar-refractivity contribution >= 4 is 27.3 Å². The third-order valence-corrected chi connectivity index (χ3v) is 5.27. The van der Waals surface area contributed by atoms with Gasteiger partial charge in [0, 0.05) is 12.2 Å². The van der Waals surface area contributed by atoms with Gasteiger partial charge in [0.15, 0.2) is 0 Å². The third-order valence-electron chi connectivity index (χ3n) is 3.38. The van der Waals surface area contributed by atoms with Gasteiger partial charge in [0.25, 0.3) is 0 Å². The molecular weight excluding hydrogens is 288 g/mol. The maximum Gasteiger partial charge on any atom is 0.242 e. The Balaban J connectivity index is 2.13. The van der Waals surface area contributed by atoms with Crippen molar-refractivity contribution in [3.8, 4) is 0 Å². The molecule has 1 fully saturated rings. The summed E-state index contributed by atoms with van der Waals surface area (Å²) in [7, 11) is -3.66. The predicted octanol–water partition coefficient (Wildman–Crippen LogP) is 1.28. The van der Waals surface area contributed by atoms with Crippen LogP contribution in [0.3, 0.4) is 0 Å². The highest BCUT2D eigenvalue weighted by Crippen LogP contribution is 2.29. The number of sulfonamides is 1. The molecule has 0 heterocycles. The molecule has 106 valence electrons. The number of nitrogens with one attached hydrogen (secondary N) is 1. The predicted molar refractivity (Wildman–Crippen MR) is 74.5 cm³/mol. The molecule has 1 aromatic rings. The largest absolute Gasteiger partial charge is 0.398 e. The Morgan fingerprint density at radius 3 is 2.68 bits per heavy atom. The minimum absolute atomic E-state index is 0.00265. The standard InChI is InChI=1S/C12H17ClN2O3S/c1-7-2-10(13)12(5-11(7)14)19(17,18)15-6-8-3-9(16)4-8/h2,5,8-9,15-16H,3-4,6,14H2,1H3. The van der Waals surface area contributed by atoms with Gasteiger partial charge in [0.05, 0.1) is 11.1 Å². The molecule has 0 saturated heterocycles. The van der Waals surface area contributed by atoms with E-state index in [1.54, 1.807) is 13.0 Å². The summed E-state index contributed by atoms with van der Waals surface area (Å²) in [6, 6.07) is 2.91. The molecule has 7 heteroatoms. The summed E-state index contributed by atoms with van der Waals surface area (Å²) in [6.45, 7) is 2.07. The monoisotopic (exact) mass is 304 g/mol. The van der Waals surface area contributed by atoms with Crippen LogP contribution in [0.15, 0.2) is 17.0 Å². The van der Waals surface area contributed by atoms with Gasteiger partial charge in [-0.25, -0.2) is 13.1 Å². The molecule has 19 heavy (non-hydrogen) atoms. The van der Waals surface area contributed by atoms with Crippen LogP contribution < -0.4 is 10.5 Å². The molecule has 0 amide bonds. The summed E-state index contributed by atoms with van der Waals surface area (Å²) >= 11 is 5.96. The zero-order chi connectivity index (χ0) is 14.2.